The van der Waals surface area contributed by atoms with Crippen LogP contribution in [0.15, 0.2) is 41.2 Å². The van der Waals surface area contributed by atoms with E-state index >= 15 is 0 Å². The first kappa shape index (κ1) is 39.3. The van der Waals surface area contributed by atoms with Crippen molar-refractivity contribution in [1.82, 2.24) is 9.91 Å². The molecule has 1 amide bonds. The first-order valence-corrected chi connectivity index (χ1v) is 19.3. The predicted octanol–water partition coefficient (Wildman–Crippen LogP) is 4.34. The smallest absolute Gasteiger partial charge is 0.312 e. The largest absolute Gasteiger partial charge is 0.507 e. The molecule has 16 heteroatoms. The number of hydrogen-bond acceptors (Lipinski definition) is 15. The molecule has 0 aliphatic carbocycles. The predicted molar refractivity (Wildman–Crippen MR) is 220 cm³/mol. The van der Waals surface area contributed by atoms with Gasteiger partial charge in [0.25, 0.3) is 11.7 Å². The molecule has 4 aliphatic heterocycles. The summed E-state index contributed by atoms with van der Waals surface area (Å²) in [6.07, 6.45) is 3.82. The van der Waals surface area contributed by atoms with E-state index in [4.69, 9.17) is 24.4 Å². The average molecular weight is 827 g/mol. The minimum atomic E-state index is -2.39. The number of ketones is 1. The van der Waals surface area contributed by atoms with Gasteiger partial charge in [-0.2, -0.15) is 5.10 Å². The monoisotopic (exact) mass is 826 g/mol. The van der Waals surface area contributed by atoms with Crippen LogP contribution in [0.2, 0.25) is 0 Å². The zero-order valence-electron chi connectivity index (χ0n) is 38.9. The maximum absolute atomic E-state index is 14.5. The van der Waals surface area contributed by atoms with Crippen molar-refractivity contribution in [2.75, 3.05) is 45.6 Å². The number of benzene rings is 2. The van der Waals surface area contributed by atoms with Crippen LogP contribution in [0, 0.1) is 30.6 Å². The van der Waals surface area contributed by atoms with Crippen molar-refractivity contribution in [1.29, 1.82) is 0 Å². The summed E-state index contributed by atoms with van der Waals surface area (Å²) < 4.78 is 57.8. The first-order valence-electron chi connectivity index (χ1n) is 21.3. The van der Waals surface area contributed by atoms with E-state index in [1.165, 1.54) is 65.0 Å². The summed E-state index contributed by atoms with van der Waals surface area (Å²) in [6, 6.07) is 0. The molecule has 2 aromatic rings. The van der Waals surface area contributed by atoms with E-state index < -0.39 is 124 Å². The van der Waals surface area contributed by atoms with Crippen molar-refractivity contribution in [2.45, 2.75) is 85.6 Å². The van der Waals surface area contributed by atoms with Gasteiger partial charge < -0.3 is 54.7 Å². The topological polar surface area (TPSA) is 220 Å². The van der Waals surface area contributed by atoms with Gasteiger partial charge in [0.05, 0.1) is 58.5 Å². The van der Waals surface area contributed by atoms with Crippen LogP contribution in [0.5, 0.6) is 23.0 Å². The number of rotatable bonds is 4. The highest BCUT2D eigenvalue weighted by Gasteiger charge is 2.50. The Hall–Kier alpha value is -5.16. The van der Waals surface area contributed by atoms with Crippen LogP contribution in [-0.2, 0) is 23.8 Å². The summed E-state index contributed by atoms with van der Waals surface area (Å²) in [7, 11) is 2.93. The number of fused-ring (bicyclic) bond motifs is 14. The minimum Gasteiger partial charge on any atom is -0.507 e. The Morgan fingerprint density at radius 1 is 1.00 bits per heavy atom. The number of phenolic OH excluding ortho intramolecular Hbond substituents is 3. The Morgan fingerprint density at radius 2 is 1.66 bits per heavy atom. The second kappa shape index (κ2) is 18.0. The molecule has 1 saturated heterocycles. The van der Waals surface area contributed by atoms with Crippen LogP contribution in [-0.4, -0.2) is 130 Å². The van der Waals surface area contributed by atoms with Crippen LogP contribution >= 0.6 is 0 Å². The van der Waals surface area contributed by atoms with Gasteiger partial charge in [0.2, 0.25) is 0 Å². The van der Waals surface area contributed by atoms with Crippen LogP contribution < -0.4 is 10.1 Å². The third-order valence-electron chi connectivity index (χ3n) is 11.3. The number of likely N-dealkylation sites (N-methyl/N-ethyl adjacent to an activating group) is 1. The van der Waals surface area contributed by atoms with Crippen molar-refractivity contribution in [3.8, 4) is 23.0 Å². The molecule has 6 N–H and O–H groups in total. The Labute approximate surface area is 350 Å². The van der Waals surface area contributed by atoms with Gasteiger partial charge in [-0.1, -0.05) is 45.9 Å². The Morgan fingerprint density at radius 3 is 2.29 bits per heavy atom. The van der Waals surface area contributed by atoms with Gasteiger partial charge in [0, 0.05) is 87.2 Å². The van der Waals surface area contributed by atoms with Gasteiger partial charge >= 0.3 is 11.8 Å². The second-order valence-corrected chi connectivity index (χ2v) is 15.7. The molecule has 0 unspecified atom stereocenters. The number of carbonyl (C=O) groups is 3. The van der Waals surface area contributed by atoms with E-state index in [0.717, 1.165) is 12.5 Å². The molecule has 9 atom stereocenters. The molecular formula is C43H58N4O12. The number of anilines is 1. The van der Waals surface area contributed by atoms with Gasteiger partial charge in [0.15, 0.2) is 5.75 Å². The molecule has 5 bridgehead atoms. The number of carbonyl (C=O) groups excluding carboxylic acids is 3. The summed E-state index contributed by atoms with van der Waals surface area (Å²) in [4.78, 5) is 42.1. The number of aliphatic hydroxyl groups excluding tert-OH is 2. The zero-order valence-corrected chi connectivity index (χ0v) is 34.9. The molecule has 16 nitrogen and oxygen atoms in total. The molecule has 0 saturated carbocycles. The van der Waals surface area contributed by atoms with Crippen LogP contribution in [0.4, 0.5) is 5.69 Å². The van der Waals surface area contributed by atoms with Crippen LogP contribution in [0.25, 0.3) is 10.8 Å². The summed E-state index contributed by atoms with van der Waals surface area (Å²) in [5.74, 6) is -9.72. The fourth-order valence-electron chi connectivity index (χ4n) is 7.56. The third-order valence-corrected chi connectivity index (χ3v) is 11.3. The molecule has 0 aromatic heterocycles. The normalized spacial score (nSPS) is 34.8. The van der Waals surface area contributed by atoms with Crippen molar-refractivity contribution >= 4 is 40.3 Å². The van der Waals surface area contributed by atoms with Crippen molar-refractivity contribution < 1.29 is 64.3 Å². The number of piperazine rings is 1. The number of phenols is 3. The standard InChI is InChI=1S/C43H58N4O12/c1-21-12-11-13-22(2)42(55)45-33-28(20-44-47-17-15-46(9)16-18-47)37(52)30-31(38(33)53)36(51)26(6)40-32(30)41(54)43(8,59-40)57-19-14-29(56-10)23(3)39(58-27(7)48)25(5)35(50)24(4)34(21)49/h11-14,19-21,23-25,29,34-35,39,49-53H,15-18H2,1-10H3,(H,45,55)/b12-11-,19-14-,22-13-,44-20+/t21-,23+,24+,25+,29-,34-,35+,39+,43-/m0/s1/i17D2,18D2. The SMILES string of the molecule is [2H]C1([2H])CN(C)CC([2H])([2H])N1/N=C/c1c2c(O)c3c(O)c(C)c4c(c3c1O)C(=O)[C@@](C)(O/C=C\[C@H](OC)[C@@H](C)[C@@H](OC(C)=O)[C@H](C)[C@H](O)[C@H](C)[C@@H](O)[C@@H](C)/C=C\C=C(\C)C(=O)N2)O4. The molecule has 1 fully saturated rings. The van der Waals surface area contributed by atoms with Crippen LogP contribution in [0.1, 0.15) is 75.4 Å². The second-order valence-electron chi connectivity index (χ2n) is 15.7. The number of aromatic hydroxyl groups is 3. The molecule has 322 valence electrons. The molecule has 2 aromatic carbocycles. The quantitative estimate of drug-likeness (QED) is 0.109. The molecule has 6 rings (SSSR count). The number of methoxy groups -OCH3 is 1. The lowest BCUT2D eigenvalue weighted by atomic mass is 9.78. The van der Waals surface area contributed by atoms with Crippen molar-refractivity contribution in [3.63, 3.8) is 0 Å². The lowest BCUT2D eigenvalue weighted by Crippen LogP contribution is -2.46. The lowest BCUT2D eigenvalue weighted by molar-refractivity contribution is -0.160. The number of aliphatic hydroxyl groups is 2. The molecule has 0 radical (unpaired) electrons. The fraction of sp³-hybridized carbons (Fsp3) is 0.535. The van der Waals surface area contributed by atoms with E-state index in [9.17, 15) is 39.9 Å². The van der Waals surface area contributed by atoms with E-state index in [1.807, 2.05) is 0 Å². The summed E-state index contributed by atoms with van der Waals surface area (Å²) in [6.45, 7) is 6.79. The fourth-order valence-corrected chi connectivity index (χ4v) is 7.56. The van der Waals surface area contributed by atoms with E-state index in [0.29, 0.717) is 5.01 Å². The summed E-state index contributed by atoms with van der Waals surface area (Å²) >= 11 is 0. The number of Topliss-reactive ketones (excluding diaryl/α,β-unsaturated/α-hetero) is 1. The van der Waals surface area contributed by atoms with Gasteiger partial charge in [-0.15, -0.1) is 0 Å². The van der Waals surface area contributed by atoms with Gasteiger partial charge in [-0.05, 0) is 27.0 Å². The van der Waals surface area contributed by atoms with Crippen LogP contribution in [0.3, 0.4) is 0 Å². The van der Waals surface area contributed by atoms with Gasteiger partial charge in [0.1, 0.15) is 23.4 Å². The highest BCUT2D eigenvalue weighted by Crippen LogP contribution is 2.55. The third kappa shape index (κ3) is 8.91. The Kier molecular flexibility index (Phi) is 12.0. The van der Waals surface area contributed by atoms with Gasteiger partial charge in [-0.3, -0.25) is 19.4 Å². The maximum Gasteiger partial charge on any atom is 0.312 e. The number of hydrogen-bond donors (Lipinski definition) is 6. The molecule has 0 spiro atoms. The molecule has 4 aliphatic rings. The van der Waals surface area contributed by atoms with E-state index in [2.05, 4.69) is 10.4 Å². The number of nitrogens with one attached hydrogen (secondary N) is 1. The highest BCUT2D eigenvalue weighted by atomic mass is 16.7. The lowest BCUT2D eigenvalue weighted by Gasteiger charge is -2.38. The average Bonchev–Trinajstić information content (AvgIpc) is 3.46. The molecule has 4 heterocycles. The summed E-state index contributed by atoms with van der Waals surface area (Å²) in [5, 5.41) is 64.9. The Balaban J connectivity index is 1.75. The number of amides is 1. The number of allylic oxidation sites excluding steroid dienone is 2. The Bertz CT molecular complexity index is 2250. The number of ether oxygens (including phenoxy) is 4. The van der Waals surface area contributed by atoms with Crippen molar-refractivity contribution in [2.24, 2.45) is 28.8 Å². The van der Waals surface area contributed by atoms with E-state index in [-0.39, 0.29) is 35.5 Å². The van der Waals surface area contributed by atoms with Gasteiger partial charge in [-0.25, -0.2) is 0 Å². The first-order chi connectivity index (χ1) is 29.2. The molecule has 59 heavy (non-hydrogen) atoms. The number of esters is 1. The minimum absolute atomic E-state index is 0.0440. The van der Waals surface area contributed by atoms with E-state index in [1.54, 1.807) is 33.8 Å². The maximum atomic E-state index is 14.5. The van der Waals surface area contributed by atoms with Crippen molar-refractivity contribution in [3.05, 3.63) is 52.8 Å². The summed E-state index contributed by atoms with van der Waals surface area (Å²) in [5.41, 5.74) is -1.35. The number of nitrogens with zero attached hydrogens (tertiary/aromatic N) is 3. The zero-order chi connectivity index (χ0) is 47.3. The molecular weight excluding hydrogens is 764 g/mol. The highest BCUT2D eigenvalue weighted by molar-refractivity contribution is 6.23. The number of hydrazone groups is 1.